The van der Waals surface area contributed by atoms with Crippen LogP contribution in [0.2, 0.25) is 10.0 Å². The van der Waals surface area contributed by atoms with Crippen LogP contribution >= 0.6 is 23.2 Å². The summed E-state index contributed by atoms with van der Waals surface area (Å²) in [5, 5.41) is 0.922. The van der Waals surface area contributed by atoms with Gasteiger partial charge < -0.3 is 19.1 Å². The van der Waals surface area contributed by atoms with E-state index < -0.39 is 6.10 Å². The molecule has 0 spiro atoms. The van der Waals surface area contributed by atoms with Crippen molar-refractivity contribution in [2.24, 2.45) is 0 Å². The van der Waals surface area contributed by atoms with Crippen LogP contribution in [-0.4, -0.2) is 54.8 Å². The molecule has 1 amide bonds. The first kappa shape index (κ1) is 20.1. The van der Waals surface area contributed by atoms with Gasteiger partial charge in [0.05, 0.1) is 5.02 Å². The van der Waals surface area contributed by atoms with Gasteiger partial charge in [-0.05, 0) is 42.8 Å². The third-order valence-corrected chi connectivity index (χ3v) is 5.60. The number of carbonyl (C=O) groups is 1. The van der Waals surface area contributed by atoms with Gasteiger partial charge in [-0.2, -0.15) is 0 Å². The van der Waals surface area contributed by atoms with Gasteiger partial charge in [0.25, 0.3) is 5.91 Å². The summed E-state index contributed by atoms with van der Waals surface area (Å²) in [5.74, 6) is 2.00. The van der Waals surface area contributed by atoms with Crippen LogP contribution < -0.4 is 14.2 Å². The number of carbonyl (C=O) groups excluding carboxylic acids is 1. The predicted octanol–water partition coefficient (Wildman–Crippen LogP) is 3.83. The Balaban J connectivity index is 1.29. The summed E-state index contributed by atoms with van der Waals surface area (Å²) >= 11 is 12.0. The normalized spacial score (nSPS) is 17.3. The van der Waals surface area contributed by atoms with Gasteiger partial charge >= 0.3 is 0 Å². The van der Waals surface area contributed by atoms with Crippen molar-refractivity contribution >= 4 is 29.1 Å². The van der Waals surface area contributed by atoms with Crippen molar-refractivity contribution in [2.45, 2.75) is 19.6 Å². The van der Waals surface area contributed by atoms with E-state index in [2.05, 4.69) is 11.0 Å². The molecule has 2 aliphatic heterocycles. The van der Waals surface area contributed by atoms with Crippen molar-refractivity contribution in [1.82, 2.24) is 9.80 Å². The Morgan fingerprint density at radius 3 is 2.59 bits per heavy atom. The Kier molecular flexibility index (Phi) is 6.04. The molecule has 2 heterocycles. The Bertz CT molecular complexity index is 900. The summed E-state index contributed by atoms with van der Waals surface area (Å²) in [6.07, 6.45) is -0.617. The maximum atomic E-state index is 12.8. The first-order valence-corrected chi connectivity index (χ1v) is 10.3. The van der Waals surface area contributed by atoms with Crippen molar-refractivity contribution < 1.29 is 19.0 Å². The standard InChI is InChI=1S/C21H22Cl2N2O4/c1-14(29-18-5-3-16(22)11-17(18)23)21(26)25-8-6-24(7-9-25)12-15-2-4-19-20(10-15)28-13-27-19/h2-5,10-11,14H,6-9,12-13H2,1H3. The zero-order chi connectivity index (χ0) is 20.4. The molecule has 8 heteroatoms. The SMILES string of the molecule is CC(Oc1ccc(Cl)cc1Cl)C(=O)N1CCN(Cc2ccc3c(c2)OCO3)CC1. The molecule has 2 aromatic carbocycles. The molecule has 4 rings (SSSR count). The maximum absolute atomic E-state index is 12.8. The van der Waals surface area contributed by atoms with E-state index in [1.165, 1.54) is 5.56 Å². The van der Waals surface area contributed by atoms with Gasteiger partial charge in [0.15, 0.2) is 17.6 Å². The van der Waals surface area contributed by atoms with Gasteiger partial charge in [0.1, 0.15) is 5.75 Å². The zero-order valence-electron chi connectivity index (χ0n) is 16.1. The van der Waals surface area contributed by atoms with Crippen LogP contribution in [0.1, 0.15) is 12.5 Å². The second-order valence-electron chi connectivity index (χ2n) is 7.12. The van der Waals surface area contributed by atoms with Gasteiger partial charge in [-0.3, -0.25) is 9.69 Å². The summed E-state index contributed by atoms with van der Waals surface area (Å²) < 4.78 is 16.6. The molecule has 0 aromatic heterocycles. The zero-order valence-corrected chi connectivity index (χ0v) is 17.6. The molecule has 1 saturated heterocycles. The number of piperazine rings is 1. The van der Waals surface area contributed by atoms with Gasteiger partial charge in [-0.25, -0.2) is 0 Å². The van der Waals surface area contributed by atoms with E-state index in [1.807, 2.05) is 17.0 Å². The van der Waals surface area contributed by atoms with E-state index in [1.54, 1.807) is 25.1 Å². The molecule has 0 N–H and O–H groups in total. The summed E-state index contributed by atoms with van der Waals surface area (Å²) in [4.78, 5) is 16.9. The number of nitrogens with zero attached hydrogens (tertiary/aromatic N) is 2. The summed E-state index contributed by atoms with van der Waals surface area (Å²) in [6.45, 7) is 5.75. The molecule has 0 aliphatic carbocycles. The van der Waals surface area contributed by atoms with Crippen molar-refractivity contribution in [3.63, 3.8) is 0 Å². The van der Waals surface area contributed by atoms with Crippen molar-refractivity contribution in [3.8, 4) is 17.2 Å². The third-order valence-electron chi connectivity index (χ3n) is 5.07. The van der Waals surface area contributed by atoms with E-state index >= 15 is 0 Å². The molecule has 1 atom stereocenters. The molecule has 2 aromatic rings. The highest BCUT2D eigenvalue weighted by Gasteiger charge is 2.27. The molecule has 1 unspecified atom stereocenters. The van der Waals surface area contributed by atoms with E-state index in [4.69, 9.17) is 37.4 Å². The molecule has 154 valence electrons. The Morgan fingerprint density at radius 2 is 1.83 bits per heavy atom. The third kappa shape index (κ3) is 4.71. The molecular formula is C21H22Cl2N2O4. The lowest BCUT2D eigenvalue weighted by molar-refractivity contribution is -0.139. The first-order valence-electron chi connectivity index (χ1n) is 9.51. The fourth-order valence-electron chi connectivity index (χ4n) is 3.49. The van der Waals surface area contributed by atoms with E-state index in [0.29, 0.717) is 28.9 Å². The highest BCUT2D eigenvalue weighted by atomic mass is 35.5. The average molecular weight is 437 g/mol. The number of hydrogen-bond donors (Lipinski definition) is 0. The van der Waals surface area contributed by atoms with Crippen LogP contribution in [0, 0.1) is 0 Å². The second-order valence-corrected chi connectivity index (χ2v) is 7.97. The molecule has 0 saturated carbocycles. The minimum absolute atomic E-state index is 0.0428. The fourth-order valence-corrected chi connectivity index (χ4v) is 3.95. The molecule has 1 fully saturated rings. The molecule has 6 nitrogen and oxygen atoms in total. The summed E-state index contributed by atoms with van der Waals surface area (Å²) in [7, 11) is 0. The summed E-state index contributed by atoms with van der Waals surface area (Å²) in [5.41, 5.74) is 1.17. The molecule has 29 heavy (non-hydrogen) atoms. The number of halogens is 2. The van der Waals surface area contributed by atoms with E-state index in [9.17, 15) is 4.79 Å². The monoisotopic (exact) mass is 436 g/mol. The van der Waals surface area contributed by atoms with Crippen LogP contribution in [0.3, 0.4) is 0 Å². The minimum atomic E-state index is -0.617. The maximum Gasteiger partial charge on any atom is 0.263 e. The lowest BCUT2D eigenvalue weighted by Crippen LogP contribution is -2.51. The lowest BCUT2D eigenvalue weighted by atomic mass is 10.1. The summed E-state index contributed by atoms with van der Waals surface area (Å²) in [6, 6.07) is 11.0. The van der Waals surface area contributed by atoms with Gasteiger partial charge in [-0.1, -0.05) is 29.3 Å². The Morgan fingerprint density at radius 1 is 1.07 bits per heavy atom. The lowest BCUT2D eigenvalue weighted by Gasteiger charge is -2.36. The Hall–Kier alpha value is -2.15. The van der Waals surface area contributed by atoms with Crippen LogP contribution in [0.25, 0.3) is 0 Å². The van der Waals surface area contributed by atoms with Crippen LogP contribution in [-0.2, 0) is 11.3 Å². The molecular weight excluding hydrogens is 415 g/mol. The van der Waals surface area contributed by atoms with Crippen molar-refractivity contribution in [2.75, 3.05) is 33.0 Å². The predicted molar refractivity (Wildman–Crippen MR) is 111 cm³/mol. The number of amides is 1. The van der Waals surface area contributed by atoms with Crippen molar-refractivity contribution in [3.05, 3.63) is 52.0 Å². The van der Waals surface area contributed by atoms with Gasteiger partial charge in [0.2, 0.25) is 6.79 Å². The highest BCUT2D eigenvalue weighted by Crippen LogP contribution is 2.33. The largest absolute Gasteiger partial charge is 0.479 e. The molecule has 2 aliphatic rings. The van der Waals surface area contributed by atoms with Crippen molar-refractivity contribution in [1.29, 1.82) is 0 Å². The van der Waals surface area contributed by atoms with Crippen LogP contribution in [0.5, 0.6) is 17.2 Å². The number of ether oxygens (including phenoxy) is 3. The second kappa shape index (κ2) is 8.69. The number of fused-ring (bicyclic) bond motifs is 1. The number of rotatable bonds is 5. The minimum Gasteiger partial charge on any atom is -0.479 e. The smallest absolute Gasteiger partial charge is 0.263 e. The van der Waals surface area contributed by atoms with Crippen LogP contribution in [0.4, 0.5) is 0 Å². The number of hydrogen-bond acceptors (Lipinski definition) is 5. The topological polar surface area (TPSA) is 51.2 Å². The Labute approximate surface area is 179 Å². The van der Waals surface area contributed by atoms with E-state index in [-0.39, 0.29) is 12.7 Å². The number of benzene rings is 2. The fraction of sp³-hybridized carbons (Fsp3) is 0.381. The molecule has 0 bridgehead atoms. The van der Waals surface area contributed by atoms with Crippen LogP contribution in [0.15, 0.2) is 36.4 Å². The quantitative estimate of drug-likeness (QED) is 0.712. The molecule has 0 radical (unpaired) electrons. The van der Waals surface area contributed by atoms with Gasteiger partial charge in [0, 0.05) is 37.7 Å². The van der Waals surface area contributed by atoms with Gasteiger partial charge in [-0.15, -0.1) is 0 Å². The highest BCUT2D eigenvalue weighted by molar-refractivity contribution is 6.35. The van der Waals surface area contributed by atoms with E-state index in [0.717, 1.165) is 31.1 Å². The first-order chi connectivity index (χ1) is 14.0. The average Bonchev–Trinajstić information content (AvgIpc) is 3.18.